The summed E-state index contributed by atoms with van der Waals surface area (Å²) < 4.78 is 0. The van der Waals surface area contributed by atoms with Gasteiger partial charge in [-0.05, 0) is 19.3 Å². The summed E-state index contributed by atoms with van der Waals surface area (Å²) in [6.45, 7) is 2.18. The van der Waals surface area contributed by atoms with Crippen molar-refractivity contribution in [3.05, 3.63) is 17.6 Å². The maximum absolute atomic E-state index is 4.64. The quantitative estimate of drug-likeness (QED) is 0.821. The molecule has 82 valence electrons. The van der Waals surface area contributed by atoms with E-state index in [1.807, 2.05) is 7.05 Å². The fraction of sp³-hybridized carbons (Fsp3) is 0.667. The first-order valence-corrected chi connectivity index (χ1v) is 5.89. The molecule has 1 N–H and O–H groups in total. The molecule has 1 aromatic rings. The Labute approximate surface area is 91.3 Å². The molecule has 0 saturated heterocycles. The molecule has 0 unspecified atom stereocenters. The molecule has 0 spiro atoms. The van der Waals surface area contributed by atoms with E-state index in [1.165, 1.54) is 25.0 Å². The standard InChI is InChI=1S/C12H19N3/c1-3-5-10-8-11(13-2)15-12(14-10)9-6-4-7-9/h8-9H,3-7H2,1-2H3,(H,13,14,15). The summed E-state index contributed by atoms with van der Waals surface area (Å²) in [5.41, 5.74) is 1.18. The zero-order valence-corrected chi connectivity index (χ0v) is 9.58. The SMILES string of the molecule is CCCc1cc(NC)nc(C2CCC2)n1. The fourth-order valence-electron chi connectivity index (χ4n) is 1.88. The first-order chi connectivity index (χ1) is 7.33. The lowest BCUT2D eigenvalue weighted by molar-refractivity contribution is 0.400. The minimum atomic E-state index is 0.619. The van der Waals surface area contributed by atoms with Gasteiger partial charge in [-0.3, -0.25) is 0 Å². The molecule has 1 aliphatic carbocycles. The molecule has 2 rings (SSSR count). The van der Waals surface area contributed by atoms with Crippen molar-refractivity contribution in [1.29, 1.82) is 0 Å². The molecule has 0 aliphatic heterocycles. The van der Waals surface area contributed by atoms with Crippen molar-refractivity contribution >= 4 is 5.82 Å². The lowest BCUT2D eigenvalue weighted by Gasteiger charge is -2.24. The van der Waals surface area contributed by atoms with Gasteiger partial charge in [-0.1, -0.05) is 19.8 Å². The van der Waals surface area contributed by atoms with Crippen LogP contribution in [0.1, 0.15) is 50.0 Å². The average molecular weight is 205 g/mol. The number of nitrogens with zero attached hydrogens (tertiary/aromatic N) is 2. The van der Waals surface area contributed by atoms with Gasteiger partial charge in [-0.25, -0.2) is 9.97 Å². The van der Waals surface area contributed by atoms with Crippen molar-refractivity contribution in [3.63, 3.8) is 0 Å². The van der Waals surface area contributed by atoms with Crippen LogP contribution in [0.2, 0.25) is 0 Å². The van der Waals surface area contributed by atoms with Crippen LogP contribution in [0.3, 0.4) is 0 Å². The third-order valence-electron chi connectivity index (χ3n) is 3.03. The number of aryl methyl sites for hydroxylation is 1. The molecule has 1 fully saturated rings. The molecule has 0 atom stereocenters. The molecule has 1 heterocycles. The van der Waals surface area contributed by atoms with Gasteiger partial charge >= 0.3 is 0 Å². The zero-order chi connectivity index (χ0) is 10.7. The predicted octanol–water partition coefficient (Wildman–Crippen LogP) is 2.74. The second-order valence-electron chi connectivity index (χ2n) is 4.23. The molecule has 0 aromatic carbocycles. The van der Waals surface area contributed by atoms with Gasteiger partial charge in [-0.2, -0.15) is 0 Å². The Bertz CT molecular complexity index is 332. The van der Waals surface area contributed by atoms with E-state index in [-0.39, 0.29) is 0 Å². The van der Waals surface area contributed by atoms with Gasteiger partial charge in [0.05, 0.1) is 0 Å². The van der Waals surface area contributed by atoms with Crippen LogP contribution in [0.15, 0.2) is 6.07 Å². The van der Waals surface area contributed by atoms with E-state index in [2.05, 4.69) is 28.3 Å². The van der Waals surface area contributed by atoms with Crippen LogP contribution in [0.4, 0.5) is 5.82 Å². The summed E-state index contributed by atoms with van der Waals surface area (Å²) in [5.74, 6) is 2.64. The highest BCUT2D eigenvalue weighted by atomic mass is 15.0. The Morgan fingerprint density at radius 3 is 2.73 bits per heavy atom. The summed E-state index contributed by atoms with van der Waals surface area (Å²) in [5, 5.41) is 3.12. The van der Waals surface area contributed by atoms with Gasteiger partial charge in [0, 0.05) is 24.7 Å². The largest absolute Gasteiger partial charge is 0.373 e. The van der Waals surface area contributed by atoms with E-state index in [9.17, 15) is 0 Å². The second kappa shape index (κ2) is 4.60. The lowest BCUT2D eigenvalue weighted by atomic mass is 9.85. The minimum Gasteiger partial charge on any atom is -0.373 e. The van der Waals surface area contributed by atoms with Crippen LogP contribution in [-0.2, 0) is 6.42 Å². The number of anilines is 1. The molecule has 1 saturated carbocycles. The van der Waals surface area contributed by atoms with Crippen molar-refractivity contribution in [3.8, 4) is 0 Å². The van der Waals surface area contributed by atoms with E-state index in [0.717, 1.165) is 24.5 Å². The van der Waals surface area contributed by atoms with Crippen molar-refractivity contribution < 1.29 is 0 Å². The number of hydrogen-bond acceptors (Lipinski definition) is 3. The highest BCUT2D eigenvalue weighted by molar-refractivity contribution is 5.36. The Morgan fingerprint density at radius 2 is 2.20 bits per heavy atom. The van der Waals surface area contributed by atoms with Crippen molar-refractivity contribution in [1.82, 2.24) is 9.97 Å². The second-order valence-corrected chi connectivity index (χ2v) is 4.23. The summed E-state index contributed by atoms with van der Waals surface area (Å²) >= 11 is 0. The summed E-state index contributed by atoms with van der Waals surface area (Å²) in [6, 6.07) is 2.06. The molecule has 0 bridgehead atoms. The first-order valence-electron chi connectivity index (χ1n) is 5.89. The normalized spacial score (nSPS) is 16.1. The van der Waals surface area contributed by atoms with E-state index in [1.54, 1.807) is 0 Å². The number of rotatable bonds is 4. The van der Waals surface area contributed by atoms with Gasteiger partial charge < -0.3 is 5.32 Å². The van der Waals surface area contributed by atoms with Crippen LogP contribution in [0.5, 0.6) is 0 Å². The molecule has 0 amide bonds. The first kappa shape index (κ1) is 10.4. The predicted molar refractivity (Wildman–Crippen MR) is 62.2 cm³/mol. The van der Waals surface area contributed by atoms with E-state index in [0.29, 0.717) is 5.92 Å². The molecule has 3 nitrogen and oxygen atoms in total. The van der Waals surface area contributed by atoms with Gasteiger partial charge in [-0.15, -0.1) is 0 Å². The van der Waals surface area contributed by atoms with Crippen molar-refractivity contribution in [2.45, 2.75) is 44.9 Å². The molecule has 0 radical (unpaired) electrons. The van der Waals surface area contributed by atoms with Crippen LogP contribution in [0, 0.1) is 0 Å². The van der Waals surface area contributed by atoms with E-state index >= 15 is 0 Å². The summed E-state index contributed by atoms with van der Waals surface area (Å²) in [7, 11) is 1.92. The zero-order valence-electron chi connectivity index (χ0n) is 9.58. The van der Waals surface area contributed by atoms with Crippen molar-refractivity contribution in [2.24, 2.45) is 0 Å². The number of aromatic nitrogens is 2. The maximum atomic E-state index is 4.64. The van der Waals surface area contributed by atoms with Gasteiger partial charge in [0.15, 0.2) is 0 Å². The van der Waals surface area contributed by atoms with Crippen LogP contribution >= 0.6 is 0 Å². The fourth-order valence-corrected chi connectivity index (χ4v) is 1.88. The van der Waals surface area contributed by atoms with E-state index in [4.69, 9.17) is 0 Å². The molecule has 3 heteroatoms. The Kier molecular flexibility index (Phi) is 3.19. The highest BCUT2D eigenvalue weighted by Crippen LogP contribution is 2.34. The van der Waals surface area contributed by atoms with Gasteiger partial charge in [0.2, 0.25) is 0 Å². The smallest absolute Gasteiger partial charge is 0.134 e. The summed E-state index contributed by atoms with van der Waals surface area (Å²) in [4.78, 5) is 9.18. The number of nitrogens with one attached hydrogen (secondary N) is 1. The van der Waals surface area contributed by atoms with Crippen molar-refractivity contribution in [2.75, 3.05) is 12.4 Å². The lowest BCUT2D eigenvalue weighted by Crippen LogP contribution is -2.14. The molecule has 1 aliphatic rings. The topological polar surface area (TPSA) is 37.8 Å². The minimum absolute atomic E-state index is 0.619. The molecular weight excluding hydrogens is 186 g/mol. The Morgan fingerprint density at radius 1 is 1.40 bits per heavy atom. The van der Waals surface area contributed by atoms with Crippen LogP contribution in [0.25, 0.3) is 0 Å². The third kappa shape index (κ3) is 2.28. The Balaban J connectivity index is 2.23. The number of hydrogen-bond donors (Lipinski definition) is 1. The maximum Gasteiger partial charge on any atom is 0.134 e. The van der Waals surface area contributed by atoms with Gasteiger partial charge in [0.1, 0.15) is 11.6 Å². The Hall–Kier alpha value is -1.12. The van der Waals surface area contributed by atoms with E-state index < -0.39 is 0 Å². The molecular formula is C12H19N3. The molecule has 15 heavy (non-hydrogen) atoms. The average Bonchev–Trinajstić information content (AvgIpc) is 2.15. The van der Waals surface area contributed by atoms with Crippen LogP contribution < -0.4 is 5.32 Å². The third-order valence-corrected chi connectivity index (χ3v) is 3.03. The summed E-state index contributed by atoms with van der Waals surface area (Å²) in [6.07, 6.45) is 6.06. The molecule has 1 aromatic heterocycles. The highest BCUT2D eigenvalue weighted by Gasteiger charge is 2.22. The monoisotopic (exact) mass is 205 g/mol. The van der Waals surface area contributed by atoms with Gasteiger partial charge in [0.25, 0.3) is 0 Å². The van der Waals surface area contributed by atoms with Crippen LogP contribution in [-0.4, -0.2) is 17.0 Å².